The van der Waals surface area contributed by atoms with Crippen molar-refractivity contribution in [1.29, 1.82) is 0 Å². The molecule has 0 aliphatic heterocycles. The van der Waals surface area contributed by atoms with Crippen molar-refractivity contribution in [3.8, 4) is 0 Å². The molecule has 1 amide bonds. The van der Waals surface area contributed by atoms with Crippen molar-refractivity contribution in [3.63, 3.8) is 0 Å². The van der Waals surface area contributed by atoms with Crippen LogP contribution in [0.2, 0.25) is 0 Å². The number of anilines is 1. The summed E-state index contributed by atoms with van der Waals surface area (Å²) in [6.45, 7) is 3.09. The maximum Gasteiger partial charge on any atom is 0.227 e. The quantitative estimate of drug-likeness (QED) is 0.725. The van der Waals surface area contributed by atoms with E-state index in [4.69, 9.17) is 10.8 Å². The molecule has 0 heterocycles. The average molecular weight is 236 g/mol. The predicted molar refractivity (Wildman–Crippen MR) is 68.5 cm³/mol. The van der Waals surface area contributed by atoms with E-state index < -0.39 is 0 Å². The number of amides is 1. The van der Waals surface area contributed by atoms with Crippen LogP contribution in [0, 0.1) is 0 Å². The van der Waals surface area contributed by atoms with Gasteiger partial charge in [-0.1, -0.05) is 19.1 Å². The third-order valence-electron chi connectivity index (χ3n) is 2.52. The highest BCUT2D eigenvalue weighted by Gasteiger charge is 2.12. The van der Waals surface area contributed by atoms with Gasteiger partial charge in [0.1, 0.15) is 0 Å². The van der Waals surface area contributed by atoms with Gasteiger partial charge < -0.3 is 15.7 Å². The van der Waals surface area contributed by atoms with Gasteiger partial charge in [0.15, 0.2) is 0 Å². The second kappa shape index (κ2) is 6.91. The van der Waals surface area contributed by atoms with Crippen LogP contribution in [0.15, 0.2) is 24.3 Å². The summed E-state index contributed by atoms with van der Waals surface area (Å²) in [7, 11) is 0. The molecule has 4 heteroatoms. The first kappa shape index (κ1) is 13.5. The van der Waals surface area contributed by atoms with Crippen LogP contribution in [0.4, 0.5) is 5.69 Å². The lowest BCUT2D eigenvalue weighted by molar-refractivity contribution is -0.131. The van der Waals surface area contributed by atoms with Gasteiger partial charge in [-0.3, -0.25) is 4.79 Å². The highest BCUT2D eigenvalue weighted by Crippen LogP contribution is 2.08. The topological polar surface area (TPSA) is 66.6 Å². The Bertz CT molecular complexity index is 360. The molecule has 1 aromatic carbocycles. The minimum Gasteiger partial charge on any atom is -0.399 e. The smallest absolute Gasteiger partial charge is 0.227 e. The molecule has 0 radical (unpaired) electrons. The van der Waals surface area contributed by atoms with Gasteiger partial charge in [-0.15, -0.1) is 0 Å². The molecular formula is C13H20N2O2. The monoisotopic (exact) mass is 236 g/mol. The van der Waals surface area contributed by atoms with Crippen LogP contribution in [0.5, 0.6) is 0 Å². The number of hydrogen-bond acceptors (Lipinski definition) is 3. The minimum atomic E-state index is 0.00265. The van der Waals surface area contributed by atoms with Crippen molar-refractivity contribution in [2.24, 2.45) is 0 Å². The molecule has 94 valence electrons. The van der Waals surface area contributed by atoms with E-state index in [2.05, 4.69) is 0 Å². The Morgan fingerprint density at radius 2 is 2.18 bits per heavy atom. The van der Waals surface area contributed by atoms with Crippen LogP contribution < -0.4 is 5.73 Å². The first-order valence-electron chi connectivity index (χ1n) is 5.90. The van der Waals surface area contributed by atoms with Gasteiger partial charge in [-0.05, 0) is 24.1 Å². The van der Waals surface area contributed by atoms with Gasteiger partial charge >= 0.3 is 0 Å². The number of aliphatic hydroxyl groups excluding tert-OH is 1. The molecule has 4 nitrogen and oxygen atoms in total. The summed E-state index contributed by atoms with van der Waals surface area (Å²) in [6, 6.07) is 7.33. The SMILES string of the molecule is CCCN(CCO)C(=O)Cc1cccc(N)c1. The molecule has 0 bridgehead atoms. The zero-order valence-corrected chi connectivity index (χ0v) is 10.2. The van der Waals surface area contributed by atoms with E-state index in [1.807, 2.05) is 19.1 Å². The van der Waals surface area contributed by atoms with Crippen molar-refractivity contribution in [1.82, 2.24) is 4.90 Å². The number of carbonyl (C=O) groups excluding carboxylic acids is 1. The molecule has 0 fully saturated rings. The lowest BCUT2D eigenvalue weighted by Crippen LogP contribution is -2.35. The molecule has 1 aromatic rings. The van der Waals surface area contributed by atoms with Gasteiger partial charge in [-0.25, -0.2) is 0 Å². The molecular weight excluding hydrogens is 216 g/mol. The average Bonchev–Trinajstić information content (AvgIpc) is 2.28. The Hall–Kier alpha value is -1.55. The Balaban J connectivity index is 2.62. The summed E-state index contributed by atoms with van der Waals surface area (Å²) >= 11 is 0. The van der Waals surface area contributed by atoms with E-state index in [1.54, 1.807) is 17.0 Å². The van der Waals surface area contributed by atoms with E-state index in [-0.39, 0.29) is 12.5 Å². The van der Waals surface area contributed by atoms with Gasteiger partial charge in [0.05, 0.1) is 13.0 Å². The van der Waals surface area contributed by atoms with Crippen molar-refractivity contribution < 1.29 is 9.90 Å². The molecule has 0 aromatic heterocycles. The second-order valence-electron chi connectivity index (χ2n) is 4.03. The van der Waals surface area contributed by atoms with E-state index >= 15 is 0 Å². The fraction of sp³-hybridized carbons (Fsp3) is 0.462. The van der Waals surface area contributed by atoms with Crippen LogP contribution in [-0.4, -0.2) is 35.6 Å². The largest absolute Gasteiger partial charge is 0.399 e. The first-order valence-corrected chi connectivity index (χ1v) is 5.90. The Morgan fingerprint density at radius 1 is 1.41 bits per heavy atom. The fourth-order valence-electron chi connectivity index (χ4n) is 1.74. The van der Waals surface area contributed by atoms with Crippen molar-refractivity contribution in [3.05, 3.63) is 29.8 Å². The van der Waals surface area contributed by atoms with E-state index in [0.717, 1.165) is 12.0 Å². The molecule has 17 heavy (non-hydrogen) atoms. The van der Waals surface area contributed by atoms with Crippen LogP contribution in [0.1, 0.15) is 18.9 Å². The molecule has 0 spiro atoms. The highest BCUT2D eigenvalue weighted by molar-refractivity contribution is 5.79. The van der Waals surface area contributed by atoms with Gasteiger partial charge in [0.2, 0.25) is 5.91 Å². The summed E-state index contributed by atoms with van der Waals surface area (Å²) in [5.41, 5.74) is 7.24. The summed E-state index contributed by atoms with van der Waals surface area (Å²) in [6.07, 6.45) is 1.23. The molecule has 0 unspecified atom stereocenters. The van der Waals surface area contributed by atoms with Crippen LogP contribution in [0.3, 0.4) is 0 Å². The summed E-state index contributed by atoms with van der Waals surface area (Å²) < 4.78 is 0. The number of benzene rings is 1. The lowest BCUT2D eigenvalue weighted by atomic mass is 10.1. The molecule has 0 aliphatic carbocycles. The van der Waals surface area contributed by atoms with Crippen molar-refractivity contribution >= 4 is 11.6 Å². The Kier molecular flexibility index (Phi) is 5.49. The van der Waals surface area contributed by atoms with E-state index in [0.29, 0.717) is 25.2 Å². The standard InChI is InChI=1S/C13H20N2O2/c1-2-6-15(7-8-16)13(17)10-11-4-3-5-12(14)9-11/h3-5,9,16H,2,6-8,10,14H2,1H3. The summed E-state index contributed by atoms with van der Waals surface area (Å²) in [5, 5.41) is 8.91. The maximum atomic E-state index is 12.0. The van der Waals surface area contributed by atoms with E-state index in [1.165, 1.54) is 0 Å². The normalized spacial score (nSPS) is 10.2. The number of aliphatic hydroxyl groups is 1. The predicted octanol–water partition coefficient (Wildman–Crippen LogP) is 1.04. The van der Waals surface area contributed by atoms with Gasteiger partial charge in [0, 0.05) is 18.8 Å². The fourth-order valence-corrected chi connectivity index (χ4v) is 1.74. The highest BCUT2D eigenvalue weighted by atomic mass is 16.3. The number of nitrogens with two attached hydrogens (primary N) is 1. The third-order valence-corrected chi connectivity index (χ3v) is 2.52. The first-order chi connectivity index (χ1) is 8.17. The third kappa shape index (κ3) is 4.44. The molecule has 0 aliphatic rings. The number of nitrogen functional groups attached to an aromatic ring is 1. The molecule has 0 atom stereocenters. The van der Waals surface area contributed by atoms with Crippen molar-refractivity contribution in [2.75, 3.05) is 25.4 Å². The molecule has 0 saturated heterocycles. The number of hydrogen-bond donors (Lipinski definition) is 2. The maximum absolute atomic E-state index is 12.0. The van der Waals surface area contributed by atoms with Crippen molar-refractivity contribution in [2.45, 2.75) is 19.8 Å². The summed E-state index contributed by atoms with van der Waals surface area (Å²) in [4.78, 5) is 13.7. The minimum absolute atomic E-state index is 0.00265. The van der Waals surface area contributed by atoms with E-state index in [9.17, 15) is 4.79 Å². The number of nitrogens with zero attached hydrogens (tertiary/aromatic N) is 1. The second-order valence-corrected chi connectivity index (χ2v) is 4.03. The number of carbonyl (C=O) groups is 1. The lowest BCUT2D eigenvalue weighted by Gasteiger charge is -2.21. The Morgan fingerprint density at radius 3 is 2.76 bits per heavy atom. The van der Waals surface area contributed by atoms with Gasteiger partial charge in [0.25, 0.3) is 0 Å². The molecule has 1 rings (SSSR count). The van der Waals surface area contributed by atoms with Gasteiger partial charge in [-0.2, -0.15) is 0 Å². The van der Waals surface area contributed by atoms with Crippen LogP contribution in [0.25, 0.3) is 0 Å². The zero-order chi connectivity index (χ0) is 12.7. The number of rotatable bonds is 6. The summed E-state index contributed by atoms with van der Waals surface area (Å²) in [5.74, 6) is 0.0338. The van der Waals surface area contributed by atoms with Crippen LogP contribution in [-0.2, 0) is 11.2 Å². The Labute approximate surface area is 102 Å². The van der Waals surface area contributed by atoms with Crippen LogP contribution >= 0.6 is 0 Å². The molecule has 3 N–H and O–H groups in total. The zero-order valence-electron chi connectivity index (χ0n) is 10.2. The molecule has 0 saturated carbocycles.